The van der Waals surface area contributed by atoms with Crippen molar-refractivity contribution in [2.75, 3.05) is 24.4 Å². The summed E-state index contributed by atoms with van der Waals surface area (Å²) in [5.41, 5.74) is 1.80. The van der Waals surface area contributed by atoms with Gasteiger partial charge in [0, 0.05) is 35.7 Å². The van der Waals surface area contributed by atoms with Gasteiger partial charge in [-0.15, -0.1) is 0 Å². The van der Waals surface area contributed by atoms with Crippen LogP contribution in [0.1, 0.15) is 15.9 Å². The molecule has 0 radical (unpaired) electrons. The van der Waals surface area contributed by atoms with Gasteiger partial charge >= 0.3 is 0 Å². The Kier molecular flexibility index (Phi) is 5.80. The van der Waals surface area contributed by atoms with E-state index >= 15 is 0 Å². The normalized spacial score (nSPS) is 10.2. The maximum absolute atomic E-state index is 12.2. The first-order valence-corrected chi connectivity index (χ1v) is 7.36. The zero-order valence-electron chi connectivity index (χ0n) is 13.7. The van der Waals surface area contributed by atoms with E-state index < -0.39 is 4.92 Å². The Hall–Kier alpha value is -3.26. The molecule has 2 amide bonds. The predicted octanol–water partition coefficient (Wildman–Crippen LogP) is 2.74. The number of nitrogens with zero attached hydrogens (tertiary/aromatic N) is 1. The van der Waals surface area contributed by atoms with Gasteiger partial charge < -0.3 is 15.4 Å². The molecular weight excluding hydrogens is 326 g/mol. The smallest absolute Gasteiger partial charge is 0.272 e. The van der Waals surface area contributed by atoms with Crippen LogP contribution in [0.25, 0.3) is 0 Å². The molecule has 2 N–H and O–H groups in total. The van der Waals surface area contributed by atoms with Gasteiger partial charge in [-0.05, 0) is 43.3 Å². The largest absolute Gasteiger partial charge is 0.375 e. The van der Waals surface area contributed by atoms with Crippen molar-refractivity contribution >= 4 is 28.9 Å². The van der Waals surface area contributed by atoms with E-state index in [0.29, 0.717) is 22.5 Å². The first kappa shape index (κ1) is 18.1. The fourth-order valence-electron chi connectivity index (χ4n) is 2.17. The van der Waals surface area contributed by atoms with E-state index in [1.54, 1.807) is 31.2 Å². The first-order chi connectivity index (χ1) is 11.9. The second-order valence-electron chi connectivity index (χ2n) is 5.27. The number of aryl methyl sites for hydroxylation is 1. The fourth-order valence-corrected chi connectivity index (χ4v) is 2.17. The van der Waals surface area contributed by atoms with Crippen LogP contribution in [-0.2, 0) is 9.53 Å². The zero-order valence-corrected chi connectivity index (χ0v) is 13.7. The van der Waals surface area contributed by atoms with Crippen molar-refractivity contribution in [3.63, 3.8) is 0 Å². The molecule has 0 bridgehead atoms. The summed E-state index contributed by atoms with van der Waals surface area (Å²) in [4.78, 5) is 34.0. The van der Waals surface area contributed by atoms with Crippen molar-refractivity contribution in [1.82, 2.24) is 0 Å². The van der Waals surface area contributed by atoms with Gasteiger partial charge in [-0.2, -0.15) is 0 Å². The van der Waals surface area contributed by atoms with Gasteiger partial charge in [0.05, 0.1) is 4.92 Å². The molecule has 2 rings (SSSR count). The number of ether oxygens (including phenoxy) is 1. The molecule has 0 aliphatic rings. The van der Waals surface area contributed by atoms with E-state index in [-0.39, 0.29) is 24.1 Å². The molecule has 0 aliphatic heterocycles. The van der Waals surface area contributed by atoms with Crippen molar-refractivity contribution in [2.45, 2.75) is 6.92 Å². The van der Waals surface area contributed by atoms with Crippen LogP contribution in [0.4, 0.5) is 17.1 Å². The first-order valence-electron chi connectivity index (χ1n) is 7.36. The third kappa shape index (κ3) is 4.85. The highest BCUT2D eigenvalue weighted by Gasteiger charge is 2.14. The number of rotatable bonds is 6. The number of nitro benzene ring substituents is 1. The van der Waals surface area contributed by atoms with E-state index in [2.05, 4.69) is 10.6 Å². The highest BCUT2D eigenvalue weighted by molar-refractivity contribution is 6.04. The number of carbonyl (C=O) groups is 2. The minimum Gasteiger partial charge on any atom is -0.375 e. The molecule has 0 saturated carbocycles. The number of nitrogens with one attached hydrogen (secondary N) is 2. The topological polar surface area (TPSA) is 111 Å². The standard InChI is InChI=1S/C17H17N3O5/c1-11-9-12(3-8-15(11)20(23)24)17(22)19-14-6-4-13(5-7-14)18-16(21)10-25-2/h3-9H,10H2,1-2H3,(H,18,21)(H,19,22). The average molecular weight is 343 g/mol. The summed E-state index contributed by atoms with van der Waals surface area (Å²) in [6.07, 6.45) is 0. The fraction of sp³-hybridized carbons (Fsp3) is 0.176. The summed E-state index contributed by atoms with van der Waals surface area (Å²) in [5, 5.41) is 16.1. The molecule has 0 fully saturated rings. The molecule has 130 valence electrons. The molecular formula is C17H17N3O5. The number of methoxy groups -OCH3 is 1. The number of hydrogen-bond donors (Lipinski definition) is 2. The highest BCUT2D eigenvalue weighted by atomic mass is 16.6. The van der Waals surface area contributed by atoms with Gasteiger partial charge in [-0.25, -0.2) is 0 Å². The quantitative estimate of drug-likeness (QED) is 0.619. The van der Waals surface area contributed by atoms with Crippen LogP contribution in [0, 0.1) is 17.0 Å². The van der Waals surface area contributed by atoms with Crippen LogP contribution < -0.4 is 10.6 Å². The van der Waals surface area contributed by atoms with E-state index in [0.717, 1.165) is 0 Å². The third-order valence-electron chi connectivity index (χ3n) is 3.36. The summed E-state index contributed by atoms with van der Waals surface area (Å²) in [6.45, 7) is 1.53. The second kappa shape index (κ2) is 8.02. The molecule has 0 aromatic heterocycles. The lowest BCUT2D eigenvalue weighted by Gasteiger charge is -2.08. The van der Waals surface area contributed by atoms with Gasteiger partial charge in [0.2, 0.25) is 5.91 Å². The summed E-state index contributed by atoms with van der Waals surface area (Å²) in [5.74, 6) is -0.658. The van der Waals surface area contributed by atoms with E-state index in [4.69, 9.17) is 4.74 Å². The lowest BCUT2D eigenvalue weighted by Crippen LogP contribution is -2.17. The van der Waals surface area contributed by atoms with Crippen LogP contribution in [0.5, 0.6) is 0 Å². The van der Waals surface area contributed by atoms with Gasteiger partial charge in [0.1, 0.15) is 6.61 Å². The van der Waals surface area contributed by atoms with E-state index in [1.807, 2.05) is 0 Å². The Morgan fingerprint density at radius 1 is 1.08 bits per heavy atom. The highest BCUT2D eigenvalue weighted by Crippen LogP contribution is 2.20. The van der Waals surface area contributed by atoms with Crippen molar-refractivity contribution in [3.05, 3.63) is 63.7 Å². The van der Waals surface area contributed by atoms with Gasteiger partial charge in [-0.1, -0.05) is 0 Å². The monoisotopic (exact) mass is 343 g/mol. The van der Waals surface area contributed by atoms with Gasteiger partial charge in [0.15, 0.2) is 0 Å². The molecule has 8 nitrogen and oxygen atoms in total. The Bertz CT molecular complexity index is 802. The average Bonchev–Trinajstić information content (AvgIpc) is 2.56. The molecule has 0 spiro atoms. The molecule has 2 aromatic rings. The van der Waals surface area contributed by atoms with Crippen LogP contribution in [-0.4, -0.2) is 30.5 Å². The number of hydrogen-bond acceptors (Lipinski definition) is 5. The SMILES string of the molecule is COCC(=O)Nc1ccc(NC(=O)c2ccc([N+](=O)[O-])c(C)c2)cc1. The van der Waals surface area contributed by atoms with Crippen molar-refractivity contribution < 1.29 is 19.2 Å². The summed E-state index contributed by atoms with van der Waals surface area (Å²) in [7, 11) is 1.43. The maximum atomic E-state index is 12.2. The lowest BCUT2D eigenvalue weighted by molar-refractivity contribution is -0.385. The van der Waals surface area contributed by atoms with Crippen LogP contribution in [0.2, 0.25) is 0 Å². The number of benzene rings is 2. The minimum atomic E-state index is -0.492. The maximum Gasteiger partial charge on any atom is 0.272 e. The number of carbonyl (C=O) groups excluding carboxylic acids is 2. The van der Waals surface area contributed by atoms with Crippen molar-refractivity contribution in [3.8, 4) is 0 Å². The Morgan fingerprint density at radius 2 is 1.68 bits per heavy atom. The van der Waals surface area contributed by atoms with E-state index in [1.165, 1.54) is 25.3 Å². The summed E-state index contributed by atoms with van der Waals surface area (Å²) < 4.78 is 4.72. The molecule has 0 saturated heterocycles. The molecule has 0 atom stereocenters. The van der Waals surface area contributed by atoms with E-state index in [9.17, 15) is 19.7 Å². The van der Waals surface area contributed by atoms with Crippen molar-refractivity contribution in [1.29, 1.82) is 0 Å². The zero-order chi connectivity index (χ0) is 18.4. The van der Waals surface area contributed by atoms with Gasteiger partial charge in [-0.3, -0.25) is 19.7 Å². The van der Waals surface area contributed by atoms with Crippen LogP contribution in [0.3, 0.4) is 0 Å². The van der Waals surface area contributed by atoms with Crippen LogP contribution >= 0.6 is 0 Å². The molecule has 0 heterocycles. The minimum absolute atomic E-state index is 0.0345. The molecule has 0 aliphatic carbocycles. The Balaban J connectivity index is 2.04. The summed E-state index contributed by atoms with van der Waals surface area (Å²) in [6, 6.07) is 10.7. The third-order valence-corrected chi connectivity index (χ3v) is 3.36. The lowest BCUT2D eigenvalue weighted by atomic mass is 10.1. The predicted molar refractivity (Wildman–Crippen MR) is 92.7 cm³/mol. The Labute approximate surface area is 144 Å². The molecule has 25 heavy (non-hydrogen) atoms. The Morgan fingerprint density at radius 3 is 2.20 bits per heavy atom. The molecule has 8 heteroatoms. The molecule has 2 aromatic carbocycles. The molecule has 0 unspecified atom stereocenters. The number of amides is 2. The number of nitro groups is 1. The summed E-state index contributed by atoms with van der Waals surface area (Å²) >= 11 is 0. The van der Waals surface area contributed by atoms with Gasteiger partial charge in [0.25, 0.3) is 11.6 Å². The number of anilines is 2. The van der Waals surface area contributed by atoms with Crippen molar-refractivity contribution in [2.24, 2.45) is 0 Å². The second-order valence-corrected chi connectivity index (χ2v) is 5.27. The van der Waals surface area contributed by atoms with Crippen LogP contribution in [0.15, 0.2) is 42.5 Å².